The zero-order valence-corrected chi connectivity index (χ0v) is 19.2. The molecule has 0 aliphatic carbocycles. The van der Waals surface area contributed by atoms with Crippen LogP contribution in [0, 0.1) is 5.92 Å². The van der Waals surface area contributed by atoms with Gasteiger partial charge in [-0.1, -0.05) is 42.4 Å². The number of likely N-dealkylation sites (tertiary alicyclic amines) is 1. The fourth-order valence-corrected chi connectivity index (χ4v) is 4.59. The molecule has 1 amide bonds. The largest absolute Gasteiger partial charge is 0.497 e. The molecule has 0 atom stereocenters. The molecule has 8 heteroatoms. The average Bonchev–Trinajstić information content (AvgIpc) is 3.22. The van der Waals surface area contributed by atoms with Gasteiger partial charge in [0.15, 0.2) is 11.0 Å². The number of thioether (sulfide) groups is 1. The van der Waals surface area contributed by atoms with Crippen molar-refractivity contribution in [3.63, 3.8) is 0 Å². The predicted octanol–water partition coefficient (Wildman–Crippen LogP) is 4.95. The standard InChI is InChI=1S/C23H25ClN4O2S/c1-16-10-12-27(13-11-16)21(29)15-31-23-26-25-22(17-4-3-5-20(14-17)30-2)28(23)19-8-6-18(24)7-9-19/h3-9,14,16H,10-13,15H2,1-2H3. The molecule has 0 bridgehead atoms. The van der Waals surface area contributed by atoms with Crippen LogP contribution < -0.4 is 4.74 Å². The molecule has 0 N–H and O–H groups in total. The fraction of sp³-hybridized carbons (Fsp3) is 0.348. The lowest BCUT2D eigenvalue weighted by atomic mass is 9.99. The molecular weight excluding hydrogens is 432 g/mol. The Morgan fingerprint density at radius 2 is 1.90 bits per heavy atom. The molecule has 3 aromatic rings. The van der Waals surface area contributed by atoms with E-state index in [0.29, 0.717) is 27.7 Å². The molecule has 31 heavy (non-hydrogen) atoms. The van der Waals surface area contributed by atoms with Gasteiger partial charge in [-0.15, -0.1) is 10.2 Å². The molecule has 0 unspecified atom stereocenters. The number of methoxy groups -OCH3 is 1. The average molecular weight is 457 g/mol. The Kier molecular flexibility index (Phi) is 6.83. The fourth-order valence-electron chi connectivity index (χ4n) is 3.61. The smallest absolute Gasteiger partial charge is 0.233 e. The number of carbonyl (C=O) groups is 1. The van der Waals surface area contributed by atoms with E-state index in [1.54, 1.807) is 7.11 Å². The summed E-state index contributed by atoms with van der Waals surface area (Å²) in [7, 11) is 1.64. The molecule has 0 radical (unpaired) electrons. The van der Waals surface area contributed by atoms with Gasteiger partial charge in [0.2, 0.25) is 5.91 Å². The zero-order chi connectivity index (χ0) is 21.8. The number of carbonyl (C=O) groups excluding carboxylic acids is 1. The second-order valence-corrected chi connectivity index (χ2v) is 9.08. The molecule has 0 spiro atoms. The summed E-state index contributed by atoms with van der Waals surface area (Å²) in [5.41, 5.74) is 1.76. The lowest BCUT2D eigenvalue weighted by Gasteiger charge is -2.30. The van der Waals surface area contributed by atoms with E-state index >= 15 is 0 Å². The van der Waals surface area contributed by atoms with Crippen molar-refractivity contribution in [1.29, 1.82) is 0 Å². The minimum absolute atomic E-state index is 0.144. The van der Waals surface area contributed by atoms with Crippen LogP contribution in [0.4, 0.5) is 0 Å². The van der Waals surface area contributed by atoms with Crippen LogP contribution in [-0.2, 0) is 4.79 Å². The van der Waals surface area contributed by atoms with Gasteiger partial charge in [-0.3, -0.25) is 9.36 Å². The number of benzene rings is 2. The Bertz CT molecular complexity index is 1050. The van der Waals surface area contributed by atoms with Gasteiger partial charge >= 0.3 is 0 Å². The molecule has 2 heterocycles. The predicted molar refractivity (Wildman–Crippen MR) is 124 cm³/mol. The van der Waals surface area contributed by atoms with Crippen LogP contribution in [-0.4, -0.2) is 51.5 Å². The first kappa shape index (κ1) is 21.7. The van der Waals surface area contributed by atoms with Gasteiger partial charge in [-0.05, 0) is 55.2 Å². The van der Waals surface area contributed by atoms with Gasteiger partial charge in [0.1, 0.15) is 5.75 Å². The summed E-state index contributed by atoms with van der Waals surface area (Å²) < 4.78 is 7.33. The molecule has 1 aliphatic heterocycles. The highest BCUT2D eigenvalue weighted by Crippen LogP contribution is 2.30. The van der Waals surface area contributed by atoms with Crippen LogP contribution in [0.3, 0.4) is 0 Å². The van der Waals surface area contributed by atoms with Crippen LogP contribution >= 0.6 is 23.4 Å². The maximum Gasteiger partial charge on any atom is 0.233 e. The highest BCUT2D eigenvalue weighted by molar-refractivity contribution is 7.99. The van der Waals surface area contributed by atoms with E-state index in [9.17, 15) is 4.79 Å². The summed E-state index contributed by atoms with van der Waals surface area (Å²) in [6.45, 7) is 3.91. The van der Waals surface area contributed by atoms with Crippen LogP contribution in [0.2, 0.25) is 5.02 Å². The minimum atomic E-state index is 0.144. The van der Waals surface area contributed by atoms with Gasteiger partial charge in [0, 0.05) is 29.4 Å². The van der Waals surface area contributed by atoms with Crippen molar-refractivity contribution in [3.8, 4) is 22.8 Å². The first-order chi connectivity index (χ1) is 15.0. The van der Waals surface area contributed by atoms with Crippen LogP contribution in [0.5, 0.6) is 5.75 Å². The monoisotopic (exact) mass is 456 g/mol. The highest BCUT2D eigenvalue weighted by atomic mass is 35.5. The summed E-state index contributed by atoms with van der Waals surface area (Å²) in [6, 6.07) is 15.2. The first-order valence-electron chi connectivity index (χ1n) is 10.3. The number of halogens is 1. The number of piperidine rings is 1. The van der Waals surface area contributed by atoms with Crippen molar-refractivity contribution in [1.82, 2.24) is 19.7 Å². The third-order valence-corrected chi connectivity index (χ3v) is 6.67. The SMILES string of the molecule is COc1cccc(-c2nnc(SCC(=O)N3CCC(C)CC3)n2-c2ccc(Cl)cc2)c1. The van der Waals surface area contributed by atoms with Crippen molar-refractivity contribution in [2.45, 2.75) is 24.9 Å². The number of rotatable bonds is 6. The summed E-state index contributed by atoms with van der Waals surface area (Å²) in [6.07, 6.45) is 2.13. The van der Waals surface area contributed by atoms with Gasteiger partial charge in [0.05, 0.1) is 12.9 Å². The van der Waals surface area contributed by atoms with Crippen LogP contribution in [0.15, 0.2) is 53.7 Å². The van der Waals surface area contributed by atoms with E-state index in [1.807, 2.05) is 58.0 Å². The lowest BCUT2D eigenvalue weighted by Crippen LogP contribution is -2.38. The van der Waals surface area contributed by atoms with E-state index < -0.39 is 0 Å². The van der Waals surface area contributed by atoms with Gasteiger partial charge in [-0.2, -0.15) is 0 Å². The van der Waals surface area contributed by atoms with Crippen LogP contribution in [0.1, 0.15) is 19.8 Å². The van der Waals surface area contributed by atoms with Crippen molar-refractivity contribution in [3.05, 3.63) is 53.6 Å². The number of hydrogen-bond acceptors (Lipinski definition) is 5. The maximum absolute atomic E-state index is 12.7. The molecule has 162 valence electrons. The van der Waals surface area contributed by atoms with Gasteiger partial charge in [-0.25, -0.2) is 0 Å². The molecule has 4 rings (SSSR count). The quantitative estimate of drug-likeness (QED) is 0.491. The number of amides is 1. The van der Waals surface area contributed by atoms with Crippen molar-refractivity contribution in [2.24, 2.45) is 5.92 Å². The molecule has 2 aromatic carbocycles. The number of nitrogens with zero attached hydrogens (tertiary/aromatic N) is 4. The molecular formula is C23H25ClN4O2S. The van der Waals surface area contributed by atoms with E-state index in [4.69, 9.17) is 16.3 Å². The summed E-state index contributed by atoms with van der Waals surface area (Å²) in [5, 5.41) is 10.2. The van der Waals surface area contributed by atoms with Gasteiger partial charge in [0.25, 0.3) is 0 Å². The first-order valence-corrected chi connectivity index (χ1v) is 11.7. The number of hydrogen-bond donors (Lipinski definition) is 0. The second-order valence-electron chi connectivity index (χ2n) is 7.70. The Balaban J connectivity index is 1.62. The Morgan fingerprint density at radius 1 is 1.16 bits per heavy atom. The zero-order valence-electron chi connectivity index (χ0n) is 17.6. The Hall–Kier alpha value is -2.51. The van der Waals surface area contributed by atoms with Crippen LogP contribution in [0.25, 0.3) is 17.1 Å². The third-order valence-electron chi connectivity index (χ3n) is 5.51. The second kappa shape index (κ2) is 9.75. The minimum Gasteiger partial charge on any atom is -0.497 e. The number of ether oxygens (including phenoxy) is 1. The summed E-state index contributed by atoms with van der Waals surface area (Å²) in [4.78, 5) is 14.7. The molecule has 1 fully saturated rings. The lowest BCUT2D eigenvalue weighted by molar-refractivity contribution is -0.129. The third kappa shape index (κ3) is 5.05. The molecule has 1 aliphatic rings. The Labute approximate surface area is 191 Å². The van der Waals surface area contributed by atoms with Gasteiger partial charge < -0.3 is 9.64 Å². The molecule has 1 saturated heterocycles. The molecule has 0 saturated carbocycles. The van der Waals surface area contributed by atoms with Crippen molar-refractivity contribution < 1.29 is 9.53 Å². The van der Waals surface area contributed by atoms with E-state index in [2.05, 4.69) is 17.1 Å². The van der Waals surface area contributed by atoms with E-state index in [0.717, 1.165) is 42.9 Å². The molecule has 1 aromatic heterocycles. The number of aromatic nitrogens is 3. The topological polar surface area (TPSA) is 60.3 Å². The summed E-state index contributed by atoms with van der Waals surface area (Å²) >= 11 is 7.50. The Morgan fingerprint density at radius 3 is 2.61 bits per heavy atom. The van der Waals surface area contributed by atoms with Crippen molar-refractivity contribution in [2.75, 3.05) is 26.0 Å². The van der Waals surface area contributed by atoms with E-state index in [1.165, 1.54) is 11.8 Å². The van der Waals surface area contributed by atoms with Crippen molar-refractivity contribution >= 4 is 29.3 Å². The molecule has 6 nitrogen and oxygen atoms in total. The summed E-state index contributed by atoms with van der Waals surface area (Å²) in [5.74, 6) is 2.59. The van der Waals surface area contributed by atoms with E-state index in [-0.39, 0.29) is 5.91 Å². The maximum atomic E-state index is 12.7. The highest BCUT2D eigenvalue weighted by Gasteiger charge is 2.22. The normalized spacial score (nSPS) is 14.6.